The fourth-order valence-corrected chi connectivity index (χ4v) is 3.43. The summed E-state index contributed by atoms with van der Waals surface area (Å²) in [7, 11) is 1.80. The molecule has 154 valence electrons. The molecule has 0 aliphatic rings. The third kappa shape index (κ3) is 5.38. The first-order chi connectivity index (χ1) is 14.3. The molecule has 0 fully saturated rings. The van der Waals surface area contributed by atoms with E-state index in [1.165, 1.54) is 22.0 Å². The van der Waals surface area contributed by atoms with Gasteiger partial charge in [-0.25, -0.2) is 0 Å². The number of aromatic nitrogens is 2. The smallest absolute Gasteiger partial charge is 0.191 e. The first-order valence-corrected chi connectivity index (χ1v) is 9.83. The second kappa shape index (κ2) is 10.8. The minimum Gasteiger partial charge on any atom is -0.361 e. The van der Waals surface area contributed by atoms with Gasteiger partial charge < -0.3 is 15.6 Å². The van der Waals surface area contributed by atoms with Crippen molar-refractivity contribution in [2.45, 2.75) is 13.0 Å². The number of aromatic amines is 1. The van der Waals surface area contributed by atoms with Gasteiger partial charge in [0.2, 0.25) is 0 Å². The molecule has 0 atom stereocenters. The molecule has 0 aliphatic heterocycles. The van der Waals surface area contributed by atoms with Crippen molar-refractivity contribution >= 4 is 40.8 Å². The number of pyridine rings is 1. The molecule has 2 heterocycles. The van der Waals surface area contributed by atoms with Gasteiger partial charge in [-0.1, -0.05) is 42.5 Å². The number of fused-ring (bicyclic) bond motifs is 1. The Morgan fingerprint density at radius 3 is 2.70 bits per heavy atom. The highest BCUT2D eigenvalue weighted by Gasteiger charge is 2.04. The Labute approximate surface area is 194 Å². The first-order valence-electron chi connectivity index (χ1n) is 9.83. The van der Waals surface area contributed by atoms with Crippen molar-refractivity contribution < 1.29 is 0 Å². The summed E-state index contributed by atoms with van der Waals surface area (Å²) in [6, 6.07) is 22.8. The lowest BCUT2D eigenvalue weighted by atomic mass is 10.1. The van der Waals surface area contributed by atoms with E-state index in [4.69, 9.17) is 0 Å². The quantitative estimate of drug-likeness (QED) is 0.199. The minimum atomic E-state index is 0. The molecule has 0 spiro atoms. The molecule has 0 saturated heterocycles. The molecule has 4 aromatic rings. The third-order valence-electron chi connectivity index (χ3n) is 4.93. The number of nitrogens with zero attached hydrogens (tertiary/aromatic N) is 2. The zero-order valence-corrected chi connectivity index (χ0v) is 19.3. The van der Waals surface area contributed by atoms with Crippen LogP contribution < -0.4 is 10.6 Å². The standard InChI is InChI=1S/C24H25N5.HI/c1-25-24(27-14-12-20-17-28-23-11-3-2-9-21(20)23)29-16-18-7-6-8-19(15-18)22-10-4-5-13-26-22;/h2-11,13,15,17,28H,12,14,16H2,1H3,(H2,25,27,29);1H. The number of benzene rings is 2. The molecule has 2 aromatic carbocycles. The molecule has 30 heavy (non-hydrogen) atoms. The van der Waals surface area contributed by atoms with Crippen LogP contribution in [0.4, 0.5) is 0 Å². The monoisotopic (exact) mass is 511 g/mol. The summed E-state index contributed by atoms with van der Waals surface area (Å²) in [4.78, 5) is 12.1. The number of guanidine groups is 1. The van der Waals surface area contributed by atoms with Crippen LogP contribution in [0.5, 0.6) is 0 Å². The summed E-state index contributed by atoms with van der Waals surface area (Å²) in [5.41, 5.74) is 5.78. The molecular formula is C24H26IN5. The Morgan fingerprint density at radius 2 is 1.87 bits per heavy atom. The molecule has 0 saturated carbocycles. The maximum absolute atomic E-state index is 4.43. The number of H-pyrrole nitrogens is 1. The van der Waals surface area contributed by atoms with Crippen LogP contribution in [0.2, 0.25) is 0 Å². The fraction of sp³-hybridized carbons (Fsp3) is 0.167. The molecule has 0 aliphatic carbocycles. The lowest BCUT2D eigenvalue weighted by molar-refractivity contribution is 0.796. The van der Waals surface area contributed by atoms with E-state index in [1.54, 1.807) is 7.05 Å². The zero-order valence-electron chi connectivity index (χ0n) is 16.9. The summed E-state index contributed by atoms with van der Waals surface area (Å²) in [6.07, 6.45) is 4.84. The zero-order chi connectivity index (χ0) is 19.9. The Kier molecular flexibility index (Phi) is 7.84. The first kappa shape index (κ1) is 21.8. The molecule has 4 rings (SSSR count). The fourth-order valence-electron chi connectivity index (χ4n) is 3.43. The van der Waals surface area contributed by atoms with E-state index in [1.807, 2.05) is 24.4 Å². The van der Waals surface area contributed by atoms with Gasteiger partial charge >= 0.3 is 0 Å². The highest BCUT2D eigenvalue weighted by Crippen LogP contribution is 2.18. The highest BCUT2D eigenvalue weighted by atomic mass is 127. The topological polar surface area (TPSA) is 65.1 Å². The summed E-state index contributed by atoms with van der Waals surface area (Å²) >= 11 is 0. The van der Waals surface area contributed by atoms with Gasteiger partial charge in [0.25, 0.3) is 0 Å². The molecule has 0 bridgehead atoms. The van der Waals surface area contributed by atoms with Gasteiger partial charge in [-0.3, -0.25) is 9.98 Å². The van der Waals surface area contributed by atoms with Gasteiger partial charge in [0.15, 0.2) is 5.96 Å². The average molecular weight is 511 g/mol. The number of aliphatic imine (C=N–C) groups is 1. The number of nitrogens with one attached hydrogen (secondary N) is 3. The predicted molar refractivity (Wildman–Crippen MR) is 135 cm³/mol. The van der Waals surface area contributed by atoms with Crippen molar-refractivity contribution in [2.75, 3.05) is 13.6 Å². The van der Waals surface area contributed by atoms with E-state index in [0.717, 1.165) is 30.2 Å². The molecular weight excluding hydrogens is 485 g/mol. The van der Waals surface area contributed by atoms with E-state index >= 15 is 0 Å². The summed E-state index contributed by atoms with van der Waals surface area (Å²) < 4.78 is 0. The Morgan fingerprint density at radius 1 is 1.00 bits per heavy atom. The normalized spacial score (nSPS) is 11.2. The maximum Gasteiger partial charge on any atom is 0.191 e. The van der Waals surface area contributed by atoms with Crippen molar-refractivity contribution in [3.05, 3.63) is 90.3 Å². The summed E-state index contributed by atoms with van der Waals surface area (Å²) in [5.74, 6) is 0.799. The third-order valence-corrected chi connectivity index (χ3v) is 4.93. The van der Waals surface area contributed by atoms with Crippen LogP contribution >= 0.6 is 24.0 Å². The van der Waals surface area contributed by atoms with Crippen molar-refractivity contribution in [3.8, 4) is 11.3 Å². The van der Waals surface area contributed by atoms with Gasteiger partial charge in [0, 0.05) is 49.0 Å². The van der Waals surface area contributed by atoms with E-state index in [0.29, 0.717) is 6.54 Å². The average Bonchev–Trinajstić information content (AvgIpc) is 3.20. The minimum absolute atomic E-state index is 0. The van der Waals surface area contributed by atoms with Crippen molar-refractivity contribution in [1.29, 1.82) is 0 Å². The molecule has 5 nitrogen and oxygen atoms in total. The van der Waals surface area contributed by atoms with Crippen LogP contribution in [0.3, 0.4) is 0 Å². The summed E-state index contributed by atoms with van der Waals surface area (Å²) in [5, 5.41) is 8.08. The molecule has 0 unspecified atom stereocenters. The lowest BCUT2D eigenvalue weighted by Crippen LogP contribution is -2.37. The molecule has 2 aromatic heterocycles. The number of hydrogen-bond acceptors (Lipinski definition) is 2. The Bertz CT molecular complexity index is 1100. The SMILES string of the molecule is CN=C(NCCc1c[nH]c2ccccc12)NCc1cccc(-c2ccccn2)c1.I. The van der Waals surface area contributed by atoms with E-state index in [9.17, 15) is 0 Å². The van der Waals surface area contributed by atoms with Crippen LogP contribution in [0.1, 0.15) is 11.1 Å². The second-order valence-electron chi connectivity index (χ2n) is 6.88. The Balaban J connectivity index is 0.00000256. The van der Waals surface area contributed by atoms with Crippen LogP contribution in [-0.4, -0.2) is 29.5 Å². The van der Waals surface area contributed by atoms with E-state index in [2.05, 4.69) is 80.3 Å². The van der Waals surface area contributed by atoms with Crippen molar-refractivity contribution in [2.24, 2.45) is 4.99 Å². The highest BCUT2D eigenvalue weighted by molar-refractivity contribution is 14.0. The van der Waals surface area contributed by atoms with Crippen LogP contribution in [0.15, 0.2) is 84.1 Å². The van der Waals surface area contributed by atoms with E-state index < -0.39 is 0 Å². The Hall–Kier alpha value is -2.87. The van der Waals surface area contributed by atoms with Gasteiger partial charge in [0.1, 0.15) is 0 Å². The van der Waals surface area contributed by atoms with Gasteiger partial charge in [0.05, 0.1) is 5.69 Å². The van der Waals surface area contributed by atoms with Gasteiger partial charge in [-0.05, 0) is 41.8 Å². The van der Waals surface area contributed by atoms with Gasteiger partial charge in [-0.2, -0.15) is 0 Å². The molecule has 3 N–H and O–H groups in total. The van der Waals surface area contributed by atoms with E-state index in [-0.39, 0.29) is 24.0 Å². The largest absolute Gasteiger partial charge is 0.361 e. The van der Waals surface area contributed by atoms with Crippen molar-refractivity contribution in [3.63, 3.8) is 0 Å². The summed E-state index contributed by atoms with van der Waals surface area (Å²) in [6.45, 7) is 1.52. The predicted octanol–water partition coefficient (Wildman–Crippen LogP) is 4.76. The molecule has 6 heteroatoms. The number of para-hydroxylation sites is 1. The number of halogens is 1. The lowest BCUT2D eigenvalue weighted by Gasteiger charge is -2.12. The molecule has 0 amide bonds. The maximum atomic E-state index is 4.43. The molecule has 0 radical (unpaired) electrons. The number of hydrogen-bond donors (Lipinski definition) is 3. The second-order valence-corrected chi connectivity index (χ2v) is 6.88. The van der Waals surface area contributed by atoms with Crippen LogP contribution in [0.25, 0.3) is 22.2 Å². The van der Waals surface area contributed by atoms with Crippen molar-refractivity contribution in [1.82, 2.24) is 20.6 Å². The number of rotatable bonds is 6. The van der Waals surface area contributed by atoms with Crippen LogP contribution in [-0.2, 0) is 13.0 Å². The van der Waals surface area contributed by atoms with Crippen LogP contribution in [0, 0.1) is 0 Å². The van der Waals surface area contributed by atoms with Gasteiger partial charge in [-0.15, -0.1) is 24.0 Å².